The van der Waals surface area contributed by atoms with Crippen LogP contribution < -0.4 is 15.0 Å². The summed E-state index contributed by atoms with van der Waals surface area (Å²) in [5, 5.41) is 3.63. The Bertz CT molecular complexity index is 837. The SMILES string of the molecule is CC(=O)N(c1ccccc1NC(=O)COc1ccc(Cl)cc1Cl)C1CC1. The van der Waals surface area contributed by atoms with Crippen molar-refractivity contribution in [3.63, 3.8) is 0 Å². The van der Waals surface area contributed by atoms with Crippen LogP contribution >= 0.6 is 23.2 Å². The number of carbonyl (C=O) groups is 2. The minimum Gasteiger partial charge on any atom is -0.482 e. The lowest BCUT2D eigenvalue weighted by Gasteiger charge is -2.23. The third kappa shape index (κ3) is 4.48. The van der Waals surface area contributed by atoms with Crippen LogP contribution in [0.1, 0.15) is 19.8 Å². The van der Waals surface area contributed by atoms with Gasteiger partial charge in [-0.15, -0.1) is 0 Å². The molecule has 0 bridgehead atoms. The normalized spacial score (nSPS) is 13.2. The second kappa shape index (κ2) is 7.98. The van der Waals surface area contributed by atoms with Crippen LogP contribution in [-0.2, 0) is 9.59 Å². The number of benzene rings is 2. The number of halogens is 2. The first kappa shape index (κ1) is 18.5. The Morgan fingerprint density at radius 2 is 1.92 bits per heavy atom. The van der Waals surface area contributed by atoms with E-state index in [1.54, 1.807) is 35.2 Å². The van der Waals surface area contributed by atoms with Gasteiger partial charge in [0.2, 0.25) is 5.91 Å². The molecule has 26 heavy (non-hydrogen) atoms. The van der Waals surface area contributed by atoms with Gasteiger partial charge < -0.3 is 15.0 Å². The first-order chi connectivity index (χ1) is 12.5. The smallest absolute Gasteiger partial charge is 0.262 e. The summed E-state index contributed by atoms with van der Waals surface area (Å²) in [4.78, 5) is 26.0. The average molecular weight is 393 g/mol. The summed E-state index contributed by atoms with van der Waals surface area (Å²) in [6.07, 6.45) is 1.94. The minimum absolute atomic E-state index is 0.0432. The van der Waals surface area contributed by atoms with Crippen molar-refractivity contribution in [2.24, 2.45) is 0 Å². The molecule has 7 heteroatoms. The number of rotatable bonds is 6. The zero-order chi connectivity index (χ0) is 18.7. The summed E-state index contributed by atoms with van der Waals surface area (Å²) >= 11 is 11.9. The Balaban J connectivity index is 1.68. The van der Waals surface area contributed by atoms with Crippen molar-refractivity contribution in [1.29, 1.82) is 0 Å². The van der Waals surface area contributed by atoms with Gasteiger partial charge in [-0.2, -0.15) is 0 Å². The fraction of sp³-hybridized carbons (Fsp3) is 0.263. The summed E-state index contributed by atoms with van der Waals surface area (Å²) in [6, 6.07) is 12.2. The molecule has 1 aliphatic rings. The van der Waals surface area contributed by atoms with Gasteiger partial charge in [-0.05, 0) is 43.2 Å². The van der Waals surface area contributed by atoms with Crippen LogP contribution in [0, 0.1) is 0 Å². The molecule has 3 rings (SSSR count). The number of para-hydroxylation sites is 2. The molecule has 1 saturated carbocycles. The molecule has 0 spiro atoms. The topological polar surface area (TPSA) is 58.6 Å². The summed E-state index contributed by atoms with van der Waals surface area (Å²) in [6.45, 7) is 1.32. The van der Waals surface area contributed by atoms with Gasteiger partial charge in [0, 0.05) is 18.0 Å². The summed E-state index contributed by atoms with van der Waals surface area (Å²) in [5.41, 5.74) is 1.27. The lowest BCUT2D eigenvalue weighted by molar-refractivity contribution is -0.118. The van der Waals surface area contributed by atoms with Crippen LogP contribution in [0.4, 0.5) is 11.4 Å². The Kier molecular flexibility index (Phi) is 5.69. The van der Waals surface area contributed by atoms with Gasteiger partial charge in [-0.1, -0.05) is 35.3 Å². The average Bonchev–Trinajstić information content (AvgIpc) is 3.40. The number of nitrogens with one attached hydrogen (secondary N) is 1. The van der Waals surface area contributed by atoms with Crippen LogP contribution in [-0.4, -0.2) is 24.5 Å². The summed E-state index contributed by atoms with van der Waals surface area (Å²) < 4.78 is 5.45. The van der Waals surface area contributed by atoms with E-state index in [1.807, 2.05) is 12.1 Å². The van der Waals surface area contributed by atoms with E-state index in [0.29, 0.717) is 27.2 Å². The van der Waals surface area contributed by atoms with E-state index in [4.69, 9.17) is 27.9 Å². The van der Waals surface area contributed by atoms with Crippen molar-refractivity contribution < 1.29 is 14.3 Å². The van der Waals surface area contributed by atoms with Crippen molar-refractivity contribution in [3.8, 4) is 5.75 Å². The molecule has 1 N–H and O–H groups in total. The van der Waals surface area contributed by atoms with E-state index in [9.17, 15) is 9.59 Å². The molecule has 2 aromatic carbocycles. The highest BCUT2D eigenvalue weighted by atomic mass is 35.5. The van der Waals surface area contributed by atoms with E-state index in [-0.39, 0.29) is 24.5 Å². The number of carbonyl (C=O) groups excluding carboxylic acids is 2. The second-order valence-corrected chi connectivity index (χ2v) is 6.89. The van der Waals surface area contributed by atoms with Gasteiger partial charge in [0.05, 0.1) is 16.4 Å². The molecule has 1 fully saturated rings. The molecule has 5 nitrogen and oxygen atoms in total. The molecule has 1 aliphatic carbocycles. The van der Waals surface area contributed by atoms with Crippen molar-refractivity contribution in [2.45, 2.75) is 25.8 Å². The Morgan fingerprint density at radius 1 is 1.19 bits per heavy atom. The monoisotopic (exact) mass is 392 g/mol. The van der Waals surface area contributed by atoms with E-state index >= 15 is 0 Å². The number of hydrogen-bond acceptors (Lipinski definition) is 3. The molecule has 0 aromatic heterocycles. The lowest BCUT2D eigenvalue weighted by Crippen LogP contribution is -2.32. The van der Waals surface area contributed by atoms with Crippen molar-refractivity contribution in [1.82, 2.24) is 0 Å². The minimum atomic E-state index is -0.345. The second-order valence-electron chi connectivity index (χ2n) is 6.05. The number of ether oxygens (including phenoxy) is 1. The zero-order valence-corrected chi connectivity index (χ0v) is 15.7. The van der Waals surface area contributed by atoms with Crippen molar-refractivity contribution in [3.05, 3.63) is 52.5 Å². The Hall–Kier alpha value is -2.24. The van der Waals surface area contributed by atoms with Crippen LogP contribution in [0.5, 0.6) is 5.75 Å². The first-order valence-corrected chi connectivity index (χ1v) is 8.98. The quantitative estimate of drug-likeness (QED) is 0.785. The predicted molar refractivity (Wildman–Crippen MR) is 103 cm³/mol. The Morgan fingerprint density at radius 3 is 2.58 bits per heavy atom. The third-order valence-electron chi connectivity index (χ3n) is 3.94. The Labute approximate surface area is 161 Å². The third-order valence-corrected chi connectivity index (χ3v) is 4.47. The van der Waals surface area contributed by atoms with E-state index in [1.165, 1.54) is 6.92 Å². The molecular weight excluding hydrogens is 375 g/mol. The fourth-order valence-corrected chi connectivity index (χ4v) is 3.13. The summed E-state index contributed by atoms with van der Waals surface area (Å²) in [7, 11) is 0. The van der Waals surface area contributed by atoms with Gasteiger partial charge in [0.1, 0.15) is 5.75 Å². The molecular formula is C19H18Cl2N2O3. The molecule has 0 aliphatic heterocycles. The number of hydrogen-bond donors (Lipinski definition) is 1. The van der Waals surface area contributed by atoms with E-state index in [0.717, 1.165) is 12.8 Å². The number of nitrogens with zero attached hydrogens (tertiary/aromatic N) is 1. The maximum atomic E-state index is 12.3. The highest BCUT2D eigenvalue weighted by molar-refractivity contribution is 6.35. The van der Waals surface area contributed by atoms with Crippen molar-refractivity contribution >= 4 is 46.4 Å². The number of amides is 2. The van der Waals surface area contributed by atoms with Crippen LogP contribution in [0.2, 0.25) is 10.0 Å². The zero-order valence-electron chi connectivity index (χ0n) is 14.2. The molecule has 0 saturated heterocycles. The molecule has 2 aromatic rings. The largest absolute Gasteiger partial charge is 0.482 e. The molecule has 0 atom stereocenters. The van der Waals surface area contributed by atoms with Crippen LogP contribution in [0.3, 0.4) is 0 Å². The van der Waals surface area contributed by atoms with Gasteiger partial charge in [-0.3, -0.25) is 9.59 Å². The van der Waals surface area contributed by atoms with Gasteiger partial charge in [-0.25, -0.2) is 0 Å². The lowest BCUT2D eigenvalue weighted by atomic mass is 10.2. The molecule has 0 unspecified atom stereocenters. The highest BCUT2D eigenvalue weighted by Gasteiger charge is 2.33. The first-order valence-electron chi connectivity index (χ1n) is 8.22. The van der Waals surface area contributed by atoms with Gasteiger partial charge >= 0.3 is 0 Å². The molecule has 2 amide bonds. The predicted octanol–water partition coefficient (Wildman–Crippen LogP) is 4.53. The maximum absolute atomic E-state index is 12.3. The van der Waals surface area contributed by atoms with Crippen LogP contribution in [0.15, 0.2) is 42.5 Å². The van der Waals surface area contributed by atoms with Crippen LogP contribution in [0.25, 0.3) is 0 Å². The van der Waals surface area contributed by atoms with E-state index in [2.05, 4.69) is 5.32 Å². The van der Waals surface area contributed by atoms with Crippen molar-refractivity contribution in [2.75, 3.05) is 16.8 Å². The fourth-order valence-electron chi connectivity index (χ4n) is 2.67. The molecule has 0 radical (unpaired) electrons. The molecule has 0 heterocycles. The number of anilines is 2. The molecule has 136 valence electrons. The van der Waals surface area contributed by atoms with E-state index < -0.39 is 0 Å². The highest BCUT2D eigenvalue weighted by Crippen LogP contribution is 2.36. The maximum Gasteiger partial charge on any atom is 0.262 e. The standard InChI is InChI=1S/C19H18Cl2N2O3/c1-12(24)23(14-7-8-14)17-5-3-2-4-16(17)22-19(25)11-26-18-9-6-13(20)10-15(18)21/h2-6,9-10,14H,7-8,11H2,1H3,(H,22,25). The van der Waals surface area contributed by atoms with Gasteiger partial charge in [0.25, 0.3) is 5.91 Å². The van der Waals surface area contributed by atoms with Gasteiger partial charge in [0.15, 0.2) is 6.61 Å². The summed E-state index contributed by atoms with van der Waals surface area (Å²) in [5.74, 6) is -0.0102.